The quantitative estimate of drug-likeness (QED) is 0.734. The summed E-state index contributed by atoms with van der Waals surface area (Å²) < 4.78 is 11.0. The molecule has 0 N–H and O–H groups in total. The van der Waals surface area contributed by atoms with Gasteiger partial charge in [0.2, 0.25) is 11.8 Å². The molecule has 3 rings (SSSR count). The van der Waals surface area contributed by atoms with Crippen LogP contribution in [-0.4, -0.2) is 65.0 Å². The normalized spacial score (nSPS) is 15.8. The molecule has 1 aromatic carbocycles. The molecule has 2 heterocycles. The fourth-order valence-electron chi connectivity index (χ4n) is 3.29. The minimum Gasteiger partial charge on any atom is -0.491 e. The number of carbonyl (C=O) groups is 2. The number of halogens is 1. The maximum atomic E-state index is 12.8. The van der Waals surface area contributed by atoms with Gasteiger partial charge in [-0.1, -0.05) is 23.7 Å². The van der Waals surface area contributed by atoms with Crippen molar-refractivity contribution in [2.75, 3.05) is 33.3 Å². The van der Waals surface area contributed by atoms with E-state index in [0.717, 1.165) is 12.8 Å². The predicted molar refractivity (Wildman–Crippen MR) is 112 cm³/mol. The van der Waals surface area contributed by atoms with Gasteiger partial charge in [0, 0.05) is 44.4 Å². The van der Waals surface area contributed by atoms with Crippen molar-refractivity contribution < 1.29 is 18.8 Å². The van der Waals surface area contributed by atoms with Crippen molar-refractivity contribution in [1.29, 1.82) is 0 Å². The second-order valence-corrected chi connectivity index (χ2v) is 7.70. The number of hydrogen-bond donors (Lipinski definition) is 0. The van der Waals surface area contributed by atoms with E-state index in [1.807, 2.05) is 6.92 Å². The van der Waals surface area contributed by atoms with Crippen molar-refractivity contribution in [3.63, 3.8) is 0 Å². The number of ether oxygens (including phenoxy) is 1. The molecule has 0 fully saturated rings. The summed E-state index contributed by atoms with van der Waals surface area (Å²) in [5, 5.41) is 4.34. The molecule has 0 spiro atoms. The Hall–Kier alpha value is -2.61. The monoisotopic (exact) mass is 434 g/mol. The van der Waals surface area contributed by atoms with E-state index in [9.17, 15) is 9.59 Å². The third-order valence-electron chi connectivity index (χ3n) is 5.04. The van der Waals surface area contributed by atoms with Gasteiger partial charge in [-0.2, -0.15) is 4.98 Å². The number of rotatable bonds is 4. The molecule has 162 valence electrons. The van der Waals surface area contributed by atoms with Crippen molar-refractivity contribution in [3.05, 3.63) is 40.5 Å². The number of benzene rings is 1. The number of aryl methyl sites for hydroxylation is 2. The number of hydrogen-bond acceptors (Lipinski definition) is 6. The molecule has 2 amide bonds. The third-order valence-corrected chi connectivity index (χ3v) is 5.28. The highest BCUT2D eigenvalue weighted by Crippen LogP contribution is 2.24. The summed E-state index contributed by atoms with van der Waals surface area (Å²) in [6.45, 7) is 3.89. The highest BCUT2D eigenvalue weighted by atomic mass is 35.5. The molecule has 0 saturated heterocycles. The number of nitrogens with zero attached hydrogens (tertiary/aromatic N) is 4. The van der Waals surface area contributed by atoms with Crippen LogP contribution >= 0.6 is 11.6 Å². The van der Waals surface area contributed by atoms with Gasteiger partial charge in [0.1, 0.15) is 12.4 Å². The van der Waals surface area contributed by atoms with Gasteiger partial charge in [0.05, 0.1) is 12.1 Å². The van der Waals surface area contributed by atoms with E-state index in [4.69, 9.17) is 20.9 Å². The molecule has 2 aromatic rings. The van der Waals surface area contributed by atoms with Crippen molar-refractivity contribution in [1.82, 2.24) is 19.9 Å². The van der Waals surface area contributed by atoms with Gasteiger partial charge in [-0.05, 0) is 31.0 Å². The molecule has 0 bridgehead atoms. The smallest absolute Gasteiger partial charge is 0.257 e. The van der Waals surface area contributed by atoms with Crippen LogP contribution in [0.3, 0.4) is 0 Å². The first-order chi connectivity index (χ1) is 14.5. The SMILES string of the molecule is CCc1noc(CCC(=O)N2CCCCN(C)C(=O)c3cc(Cl)ccc3OCC2)n1. The van der Waals surface area contributed by atoms with E-state index in [1.54, 1.807) is 35.0 Å². The number of amides is 2. The van der Waals surface area contributed by atoms with Gasteiger partial charge in [-0.15, -0.1) is 0 Å². The van der Waals surface area contributed by atoms with Crippen LogP contribution in [0, 0.1) is 0 Å². The topological polar surface area (TPSA) is 88.8 Å². The lowest BCUT2D eigenvalue weighted by atomic mass is 10.1. The molecule has 1 aliphatic heterocycles. The van der Waals surface area contributed by atoms with Crippen LogP contribution in [0.5, 0.6) is 5.75 Å². The van der Waals surface area contributed by atoms with Gasteiger partial charge in [0.15, 0.2) is 5.82 Å². The molecule has 1 aromatic heterocycles. The lowest BCUT2D eigenvalue weighted by Crippen LogP contribution is -2.37. The Bertz CT molecular complexity index is 886. The Morgan fingerprint density at radius 3 is 2.80 bits per heavy atom. The van der Waals surface area contributed by atoms with E-state index in [1.165, 1.54) is 0 Å². The van der Waals surface area contributed by atoms with E-state index in [-0.39, 0.29) is 18.4 Å². The average molecular weight is 435 g/mol. The Labute approximate surface area is 181 Å². The average Bonchev–Trinajstić information content (AvgIpc) is 3.21. The largest absolute Gasteiger partial charge is 0.491 e. The van der Waals surface area contributed by atoms with Gasteiger partial charge in [0.25, 0.3) is 5.91 Å². The van der Waals surface area contributed by atoms with E-state index in [2.05, 4.69) is 10.1 Å². The summed E-state index contributed by atoms with van der Waals surface area (Å²) in [5.41, 5.74) is 0.437. The van der Waals surface area contributed by atoms with Crippen LogP contribution in [0.2, 0.25) is 5.02 Å². The summed E-state index contributed by atoms with van der Waals surface area (Å²) in [7, 11) is 1.76. The fraction of sp³-hybridized carbons (Fsp3) is 0.524. The van der Waals surface area contributed by atoms with Gasteiger partial charge in [-0.25, -0.2) is 0 Å². The number of fused-ring (bicyclic) bond motifs is 1. The zero-order valence-corrected chi connectivity index (χ0v) is 18.2. The molecule has 0 aliphatic carbocycles. The number of carbonyl (C=O) groups excluding carboxylic acids is 2. The Kier molecular flexibility index (Phi) is 7.68. The van der Waals surface area contributed by atoms with Crippen LogP contribution in [0.1, 0.15) is 48.3 Å². The van der Waals surface area contributed by atoms with Crippen molar-refractivity contribution >= 4 is 23.4 Å². The van der Waals surface area contributed by atoms with Crippen LogP contribution in [-0.2, 0) is 17.6 Å². The summed E-state index contributed by atoms with van der Waals surface area (Å²) in [5.74, 6) is 1.51. The molecular formula is C21H27ClN4O4. The summed E-state index contributed by atoms with van der Waals surface area (Å²) in [4.78, 5) is 33.2. The van der Waals surface area contributed by atoms with Crippen LogP contribution in [0.4, 0.5) is 0 Å². The molecule has 8 nitrogen and oxygen atoms in total. The zero-order chi connectivity index (χ0) is 21.5. The first-order valence-electron chi connectivity index (χ1n) is 10.2. The standard InChI is InChI=1S/C21H27ClN4O4/c1-3-18-23-19(30-24-18)8-9-20(27)26-11-5-4-10-25(2)21(28)16-14-15(22)6-7-17(16)29-13-12-26/h6-7,14H,3-5,8-13H2,1-2H3. The summed E-state index contributed by atoms with van der Waals surface area (Å²) in [6, 6.07) is 5.01. The van der Waals surface area contributed by atoms with Crippen LogP contribution in [0.25, 0.3) is 0 Å². The van der Waals surface area contributed by atoms with Crippen LogP contribution < -0.4 is 4.74 Å². The van der Waals surface area contributed by atoms with Gasteiger partial charge in [-0.3, -0.25) is 9.59 Å². The van der Waals surface area contributed by atoms with Crippen molar-refractivity contribution in [3.8, 4) is 5.75 Å². The van der Waals surface area contributed by atoms with Gasteiger partial charge < -0.3 is 19.1 Å². The zero-order valence-electron chi connectivity index (χ0n) is 17.4. The van der Waals surface area contributed by atoms with Crippen LogP contribution in [0.15, 0.2) is 22.7 Å². The first kappa shape index (κ1) is 22.1. The molecule has 30 heavy (non-hydrogen) atoms. The molecular weight excluding hydrogens is 408 g/mol. The molecule has 1 aliphatic rings. The Morgan fingerprint density at radius 1 is 1.23 bits per heavy atom. The minimum atomic E-state index is -0.119. The summed E-state index contributed by atoms with van der Waals surface area (Å²) in [6.07, 6.45) is 3.01. The minimum absolute atomic E-state index is 0.0210. The lowest BCUT2D eigenvalue weighted by Gasteiger charge is -2.25. The Morgan fingerprint density at radius 2 is 2.03 bits per heavy atom. The second kappa shape index (κ2) is 10.4. The Balaban J connectivity index is 1.65. The van der Waals surface area contributed by atoms with Crippen molar-refractivity contribution in [2.24, 2.45) is 0 Å². The second-order valence-electron chi connectivity index (χ2n) is 7.26. The summed E-state index contributed by atoms with van der Waals surface area (Å²) >= 11 is 6.08. The van der Waals surface area contributed by atoms with Crippen molar-refractivity contribution in [2.45, 2.75) is 39.0 Å². The van der Waals surface area contributed by atoms with E-state index in [0.29, 0.717) is 66.9 Å². The number of aromatic nitrogens is 2. The molecule has 0 radical (unpaired) electrons. The fourth-order valence-corrected chi connectivity index (χ4v) is 3.46. The maximum absolute atomic E-state index is 12.8. The molecule has 0 saturated carbocycles. The highest BCUT2D eigenvalue weighted by molar-refractivity contribution is 6.31. The van der Waals surface area contributed by atoms with E-state index >= 15 is 0 Å². The van der Waals surface area contributed by atoms with E-state index < -0.39 is 0 Å². The molecule has 9 heteroatoms. The molecule has 0 atom stereocenters. The third kappa shape index (κ3) is 5.72. The highest BCUT2D eigenvalue weighted by Gasteiger charge is 2.20. The first-order valence-corrected chi connectivity index (χ1v) is 10.6. The molecule has 0 unspecified atom stereocenters. The predicted octanol–water partition coefficient (Wildman–Crippen LogP) is 2.99. The van der Waals surface area contributed by atoms with Gasteiger partial charge >= 0.3 is 0 Å². The lowest BCUT2D eigenvalue weighted by molar-refractivity contribution is -0.131. The maximum Gasteiger partial charge on any atom is 0.257 e.